The molecule has 0 saturated carbocycles. The van der Waals surface area contributed by atoms with E-state index in [9.17, 15) is 8.42 Å². The summed E-state index contributed by atoms with van der Waals surface area (Å²) >= 11 is 1.21. The lowest BCUT2D eigenvalue weighted by Crippen LogP contribution is -2.42. The number of nitrogens with zero attached hydrogens (tertiary/aromatic N) is 2. The van der Waals surface area contributed by atoms with E-state index >= 15 is 0 Å². The number of hydrogen-bond acceptors (Lipinski definition) is 5. The van der Waals surface area contributed by atoms with E-state index in [2.05, 4.69) is 9.82 Å². The number of thiophene rings is 1. The first-order chi connectivity index (χ1) is 10.1. The predicted octanol–water partition coefficient (Wildman–Crippen LogP) is 1.68. The molecule has 0 unspecified atom stereocenters. The van der Waals surface area contributed by atoms with Crippen LogP contribution in [0.1, 0.15) is 24.5 Å². The predicted molar refractivity (Wildman–Crippen MR) is 79.6 cm³/mol. The monoisotopic (exact) mass is 327 g/mol. The van der Waals surface area contributed by atoms with Crippen molar-refractivity contribution in [1.82, 2.24) is 14.5 Å². The molecule has 1 fully saturated rings. The van der Waals surface area contributed by atoms with Crippen LogP contribution in [0.4, 0.5) is 0 Å². The van der Waals surface area contributed by atoms with Crippen LogP contribution in [0.5, 0.6) is 0 Å². The number of sulfonamides is 1. The molecule has 0 aromatic carbocycles. The molecule has 2 aromatic rings. The normalized spacial score (nSPS) is 23.3. The maximum Gasteiger partial charge on any atom is 0.250 e. The zero-order valence-electron chi connectivity index (χ0n) is 11.6. The van der Waals surface area contributed by atoms with Gasteiger partial charge in [0.05, 0.1) is 12.2 Å². The highest BCUT2D eigenvalue weighted by molar-refractivity contribution is 7.91. The lowest BCUT2D eigenvalue weighted by Gasteiger charge is -2.31. The number of hydrogen-bond donors (Lipinski definition) is 1. The first kappa shape index (κ1) is 14.7. The Morgan fingerprint density at radius 3 is 3.05 bits per heavy atom. The second kappa shape index (κ2) is 5.88. The van der Waals surface area contributed by atoms with Gasteiger partial charge in [-0.1, -0.05) is 6.07 Å². The van der Waals surface area contributed by atoms with Crippen molar-refractivity contribution < 1.29 is 13.2 Å². The topological polar surface area (TPSA) is 73.2 Å². The SMILES string of the molecule is Cn1cc([C@H]2OCCC[C@@H]2NS(=O)(=O)c2cccs2)cn1. The summed E-state index contributed by atoms with van der Waals surface area (Å²) in [5.74, 6) is 0. The van der Waals surface area contributed by atoms with Crippen LogP contribution in [0.2, 0.25) is 0 Å². The highest BCUT2D eigenvalue weighted by Crippen LogP contribution is 2.29. The largest absolute Gasteiger partial charge is 0.372 e. The molecule has 2 atom stereocenters. The Morgan fingerprint density at radius 2 is 2.38 bits per heavy atom. The number of nitrogens with one attached hydrogen (secondary N) is 1. The third-order valence-corrected chi connectivity index (χ3v) is 6.33. The molecule has 21 heavy (non-hydrogen) atoms. The first-order valence-corrected chi connectivity index (χ1v) is 9.08. The molecule has 3 heterocycles. The van der Waals surface area contributed by atoms with Gasteiger partial charge >= 0.3 is 0 Å². The molecule has 8 heteroatoms. The van der Waals surface area contributed by atoms with Crippen molar-refractivity contribution in [3.63, 3.8) is 0 Å². The average Bonchev–Trinajstić information content (AvgIpc) is 3.10. The highest BCUT2D eigenvalue weighted by Gasteiger charge is 2.32. The summed E-state index contributed by atoms with van der Waals surface area (Å²) in [6.45, 7) is 0.636. The van der Waals surface area contributed by atoms with Gasteiger partial charge in [-0.2, -0.15) is 5.10 Å². The van der Waals surface area contributed by atoms with Crippen LogP contribution in [0, 0.1) is 0 Å². The Hall–Kier alpha value is -1.22. The minimum Gasteiger partial charge on any atom is -0.372 e. The molecule has 0 bridgehead atoms. The molecule has 1 saturated heterocycles. The van der Waals surface area contributed by atoms with Crippen molar-refractivity contribution in [1.29, 1.82) is 0 Å². The lowest BCUT2D eigenvalue weighted by molar-refractivity contribution is -0.00445. The van der Waals surface area contributed by atoms with E-state index in [-0.39, 0.29) is 12.1 Å². The minimum absolute atomic E-state index is 0.268. The molecule has 114 valence electrons. The number of aryl methyl sites for hydroxylation is 1. The molecule has 1 N–H and O–H groups in total. The second-order valence-corrected chi connectivity index (χ2v) is 7.93. The van der Waals surface area contributed by atoms with Crippen molar-refractivity contribution in [2.24, 2.45) is 7.05 Å². The highest BCUT2D eigenvalue weighted by atomic mass is 32.2. The summed E-state index contributed by atoms with van der Waals surface area (Å²) < 4.78 is 35.3. The average molecular weight is 327 g/mol. The van der Waals surface area contributed by atoms with Crippen molar-refractivity contribution >= 4 is 21.4 Å². The molecular weight excluding hydrogens is 310 g/mol. The summed E-state index contributed by atoms with van der Waals surface area (Å²) in [6.07, 6.45) is 4.89. The maximum absolute atomic E-state index is 12.4. The van der Waals surface area contributed by atoms with E-state index in [1.807, 2.05) is 13.2 Å². The van der Waals surface area contributed by atoms with E-state index in [1.165, 1.54) is 11.3 Å². The van der Waals surface area contributed by atoms with Gasteiger partial charge in [0, 0.05) is 25.4 Å². The van der Waals surface area contributed by atoms with Crippen LogP contribution in [-0.4, -0.2) is 30.8 Å². The smallest absolute Gasteiger partial charge is 0.250 e. The maximum atomic E-state index is 12.4. The lowest BCUT2D eigenvalue weighted by atomic mass is 9.99. The number of ether oxygens (including phenoxy) is 1. The summed E-state index contributed by atoms with van der Waals surface area (Å²) in [5.41, 5.74) is 0.899. The fourth-order valence-electron chi connectivity index (χ4n) is 2.49. The van der Waals surface area contributed by atoms with Crippen LogP contribution < -0.4 is 4.72 Å². The van der Waals surface area contributed by atoms with Crippen LogP contribution in [0.15, 0.2) is 34.1 Å². The molecule has 0 amide bonds. The third-order valence-electron chi connectivity index (χ3n) is 3.44. The van der Waals surface area contributed by atoms with Gasteiger partial charge in [-0.25, -0.2) is 13.1 Å². The van der Waals surface area contributed by atoms with Gasteiger partial charge in [0.2, 0.25) is 10.0 Å². The third kappa shape index (κ3) is 3.18. The van der Waals surface area contributed by atoms with Gasteiger partial charge in [0.1, 0.15) is 10.3 Å². The van der Waals surface area contributed by atoms with E-state index in [4.69, 9.17) is 4.74 Å². The van der Waals surface area contributed by atoms with Crippen LogP contribution in [0.25, 0.3) is 0 Å². The van der Waals surface area contributed by atoms with E-state index in [1.54, 1.807) is 28.4 Å². The molecule has 1 aliphatic rings. The summed E-state index contributed by atoms with van der Waals surface area (Å²) in [7, 11) is -1.66. The molecule has 2 aromatic heterocycles. The van der Waals surface area contributed by atoms with Gasteiger partial charge < -0.3 is 4.74 Å². The fraction of sp³-hybridized carbons (Fsp3) is 0.462. The molecule has 0 aliphatic carbocycles. The summed E-state index contributed by atoms with van der Waals surface area (Å²) in [4.78, 5) is 0. The first-order valence-electron chi connectivity index (χ1n) is 6.72. The Labute approximate surface area is 127 Å². The van der Waals surface area contributed by atoms with Crippen molar-refractivity contribution in [3.05, 3.63) is 35.5 Å². The quantitative estimate of drug-likeness (QED) is 0.927. The Morgan fingerprint density at radius 1 is 1.52 bits per heavy atom. The Balaban J connectivity index is 1.82. The minimum atomic E-state index is -3.49. The Kier molecular flexibility index (Phi) is 4.12. The second-order valence-electron chi connectivity index (χ2n) is 5.04. The van der Waals surface area contributed by atoms with E-state index in [0.29, 0.717) is 10.8 Å². The van der Waals surface area contributed by atoms with E-state index < -0.39 is 10.0 Å². The molecule has 3 rings (SSSR count). The van der Waals surface area contributed by atoms with Gasteiger partial charge in [-0.15, -0.1) is 11.3 Å². The summed E-state index contributed by atoms with van der Waals surface area (Å²) in [5, 5.41) is 5.89. The molecule has 0 radical (unpaired) electrons. The van der Waals surface area contributed by atoms with Crippen LogP contribution in [0.3, 0.4) is 0 Å². The zero-order valence-corrected chi connectivity index (χ0v) is 13.2. The fourth-order valence-corrected chi connectivity index (χ4v) is 4.77. The molecule has 1 aliphatic heterocycles. The summed E-state index contributed by atoms with van der Waals surface area (Å²) in [6, 6.07) is 3.07. The zero-order chi connectivity index (χ0) is 14.9. The van der Waals surface area contributed by atoms with E-state index in [0.717, 1.165) is 18.4 Å². The molecule has 0 spiro atoms. The van der Waals surface area contributed by atoms with Gasteiger partial charge in [-0.05, 0) is 24.3 Å². The Bertz CT molecular complexity index is 694. The van der Waals surface area contributed by atoms with Crippen molar-refractivity contribution in [2.75, 3.05) is 6.61 Å². The molecule has 6 nitrogen and oxygen atoms in total. The molecular formula is C13H17N3O3S2. The van der Waals surface area contributed by atoms with Crippen LogP contribution in [-0.2, 0) is 21.8 Å². The number of rotatable bonds is 4. The van der Waals surface area contributed by atoms with Gasteiger partial charge in [-0.3, -0.25) is 4.68 Å². The van der Waals surface area contributed by atoms with Crippen molar-refractivity contribution in [2.45, 2.75) is 29.2 Å². The number of aromatic nitrogens is 2. The van der Waals surface area contributed by atoms with Crippen molar-refractivity contribution in [3.8, 4) is 0 Å². The van der Waals surface area contributed by atoms with Crippen LogP contribution >= 0.6 is 11.3 Å². The standard InChI is InChI=1S/C13H17N3O3S2/c1-16-9-10(8-14-16)13-11(4-2-6-19-13)15-21(17,18)12-5-3-7-20-12/h3,5,7-9,11,13,15H,2,4,6H2,1H3/t11-,13+/m0/s1. The van der Waals surface area contributed by atoms with Gasteiger partial charge in [0.25, 0.3) is 0 Å². The van der Waals surface area contributed by atoms with Gasteiger partial charge in [0.15, 0.2) is 0 Å².